The molecule has 1 saturated heterocycles. The summed E-state index contributed by atoms with van der Waals surface area (Å²) >= 11 is 9.72. The highest BCUT2D eigenvalue weighted by Gasteiger charge is 2.32. The molecule has 1 aromatic rings. The lowest BCUT2D eigenvalue weighted by Crippen LogP contribution is -2.32. The number of nitrogens with one attached hydrogen (secondary N) is 1. The van der Waals surface area contributed by atoms with Gasteiger partial charge in [0.25, 0.3) is 0 Å². The lowest BCUT2D eigenvalue weighted by Gasteiger charge is -2.27. The van der Waals surface area contributed by atoms with Crippen LogP contribution in [0.3, 0.4) is 0 Å². The van der Waals surface area contributed by atoms with E-state index in [0.29, 0.717) is 11.1 Å². The van der Waals surface area contributed by atoms with Crippen LogP contribution in [0.5, 0.6) is 5.75 Å². The molecule has 112 valence electrons. The van der Waals surface area contributed by atoms with E-state index >= 15 is 0 Å². The van der Waals surface area contributed by atoms with Crippen molar-refractivity contribution in [3.8, 4) is 5.75 Å². The number of rotatable bonds is 5. The lowest BCUT2D eigenvalue weighted by molar-refractivity contribution is 0.0314. The van der Waals surface area contributed by atoms with Gasteiger partial charge in [-0.05, 0) is 54.4 Å². The van der Waals surface area contributed by atoms with Crippen LogP contribution < -0.4 is 10.1 Å². The molecule has 0 aromatic heterocycles. The fraction of sp³-hybridized carbons (Fsp3) is 0.600. The minimum absolute atomic E-state index is 0.0925. The summed E-state index contributed by atoms with van der Waals surface area (Å²) in [4.78, 5) is 0. The number of halogens is 2. The van der Waals surface area contributed by atoms with Crippen molar-refractivity contribution in [3.63, 3.8) is 0 Å². The Kier molecular flexibility index (Phi) is 5.73. The number of likely N-dealkylation sites (N-methyl/N-ethyl adjacent to an activating group) is 1. The van der Waals surface area contributed by atoms with Gasteiger partial charge >= 0.3 is 0 Å². The fourth-order valence-corrected chi connectivity index (χ4v) is 3.76. The van der Waals surface area contributed by atoms with E-state index in [4.69, 9.17) is 21.1 Å². The van der Waals surface area contributed by atoms with Gasteiger partial charge in [-0.1, -0.05) is 18.5 Å². The zero-order chi connectivity index (χ0) is 14.7. The second-order valence-corrected chi connectivity index (χ2v) is 6.40. The van der Waals surface area contributed by atoms with Crippen molar-refractivity contribution < 1.29 is 9.47 Å². The number of ether oxygens (including phenoxy) is 2. The maximum absolute atomic E-state index is 6.20. The van der Waals surface area contributed by atoms with Crippen molar-refractivity contribution in [2.24, 2.45) is 0 Å². The highest BCUT2D eigenvalue weighted by molar-refractivity contribution is 9.10. The highest BCUT2D eigenvalue weighted by Crippen LogP contribution is 2.40. The average molecular weight is 363 g/mol. The Labute approximate surface area is 134 Å². The van der Waals surface area contributed by atoms with Crippen molar-refractivity contribution >= 4 is 27.5 Å². The van der Waals surface area contributed by atoms with Gasteiger partial charge in [0.15, 0.2) is 0 Å². The maximum Gasteiger partial charge on any atom is 0.138 e. The van der Waals surface area contributed by atoms with Gasteiger partial charge in [0.1, 0.15) is 5.75 Å². The quantitative estimate of drug-likeness (QED) is 0.845. The summed E-state index contributed by atoms with van der Waals surface area (Å²) in [6.07, 6.45) is 2.61. The molecule has 1 aromatic carbocycles. The molecule has 1 N–H and O–H groups in total. The molecule has 1 fully saturated rings. The Morgan fingerprint density at radius 2 is 2.25 bits per heavy atom. The third-order valence-corrected chi connectivity index (χ3v) is 4.44. The largest absolute Gasteiger partial charge is 0.495 e. The SMILES string of the molecule is CCNC(c1cc(Cl)cc(Br)c1OC)C1CCC(C)O1. The van der Waals surface area contributed by atoms with E-state index in [1.54, 1.807) is 7.11 Å². The van der Waals surface area contributed by atoms with Crippen LogP contribution >= 0.6 is 27.5 Å². The Morgan fingerprint density at radius 3 is 2.80 bits per heavy atom. The van der Waals surface area contributed by atoms with Gasteiger partial charge in [-0.25, -0.2) is 0 Å². The second kappa shape index (κ2) is 7.12. The monoisotopic (exact) mass is 361 g/mol. The molecule has 1 heterocycles. The topological polar surface area (TPSA) is 30.5 Å². The number of benzene rings is 1. The number of hydrogen-bond acceptors (Lipinski definition) is 3. The molecule has 5 heteroatoms. The van der Waals surface area contributed by atoms with E-state index in [1.807, 2.05) is 12.1 Å². The second-order valence-electron chi connectivity index (χ2n) is 5.11. The standard InChI is InChI=1S/C15H21BrClNO2/c1-4-18-14(13-6-5-9(2)20-13)11-7-10(17)8-12(16)15(11)19-3/h7-9,13-14,18H,4-6H2,1-3H3. The first kappa shape index (κ1) is 16.1. The van der Waals surface area contributed by atoms with Crippen LogP contribution in [-0.2, 0) is 4.74 Å². The van der Waals surface area contributed by atoms with E-state index in [2.05, 4.69) is 35.1 Å². The maximum atomic E-state index is 6.20. The van der Waals surface area contributed by atoms with E-state index in [-0.39, 0.29) is 12.1 Å². The minimum Gasteiger partial charge on any atom is -0.495 e. The van der Waals surface area contributed by atoms with Crippen LogP contribution in [0.2, 0.25) is 5.02 Å². The molecular formula is C15H21BrClNO2. The molecule has 0 saturated carbocycles. The Hall–Kier alpha value is -0.290. The highest BCUT2D eigenvalue weighted by atomic mass is 79.9. The first-order valence-corrected chi connectivity index (χ1v) is 8.15. The van der Waals surface area contributed by atoms with Crippen LogP contribution in [0, 0.1) is 0 Å². The molecular weight excluding hydrogens is 342 g/mol. The molecule has 2 rings (SSSR count). The van der Waals surface area contributed by atoms with Crippen molar-refractivity contribution in [2.45, 2.75) is 44.9 Å². The van der Waals surface area contributed by atoms with Crippen molar-refractivity contribution in [1.82, 2.24) is 5.32 Å². The Morgan fingerprint density at radius 1 is 1.50 bits per heavy atom. The first-order chi connectivity index (χ1) is 9.56. The minimum atomic E-state index is 0.0925. The molecule has 0 aliphatic carbocycles. The zero-order valence-electron chi connectivity index (χ0n) is 12.1. The van der Waals surface area contributed by atoms with E-state index in [9.17, 15) is 0 Å². The normalized spacial score (nSPS) is 23.9. The molecule has 0 radical (unpaired) electrons. The third kappa shape index (κ3) is 3.48. The summed E-state index contributed by atoms with van der Waals surface area (Å²) < 4.78 is 12.4. The van der Waals surface area contributed by atoms with Gasteiger partial charge in [-0.15, -0.1) is 0 Å². The molecule has 0 amide bonds. The van der Waals surface area contributed by atoms with E-state index in [0.717, 1.165) is 35.2 Å². The van der Waals surface area contributed by atoms with Crippen LogP contribution in [-0.4, -0.2) is 25.9 Å². The lowest BCUT2D eigenvalue weighted by atomic mass is 9.98. The first-order valence-electron chi connectivity index (χ1n) is 6.98. The zero-order valence-corrected chi connectivity index (χ0v) is 14.4. The number of methoxy groups -OCH3 is 1. The van der Waals surface area contributed by atoms with Crippen LogP contribution in [0.15, 0.2) is 16.6 Å². The van der Waals surface area contributed by atoms with Crippen LogP contribution in [0.1, 0.15) is 38.3 Å². The molecule has 3 unspecified atom stereocenters. The average Bonchev–Trinajstić information content (AvgIpc) is 2.81. The molecule has 1 aliphatic heterocycles. The molecule has 3 atom stereocenters. The summed E-state index contributed by atoms with van der Waals surface area (Å²) in [5, 5.41) is 4.20. The number of hydrogen-bond donors (Lipinski definition) is 1. The summed E-state index contributed by atoms with van der Waals surface area (Å²) in [5.74, 6) is 0.823. The predicted molar refractivity (Wildman–Crippen MR) is 85.7 cm³/mol. The van der Waals surface area contributed by atoms with Gasteiger partial charge < -0.3 is 14.8 Å². The molecule has 0 spiro atoms. The van der Waals surface area contributed by atoms with Gasteiger partial charge in [0.2, 0.25) is 0 Å². The predicted octanol–water partition coefficient (Wildman–Crippen LogP) is 4.33. The summed E-state index contributed by atoms with van der Waals surface area (Å²) in [6.45, 7) is 5.08. The Bertz CT molecular complexity index is 469. The summed E-state index contributed by atoms with van der Waals surface area (Å²) in [7, 11) is 1.68. The van der Waals surface area contributed by atoms with Crippen molar-refractivity contribution in [3.05, 3.63) is 27.2 Å². The van der Waals surface area contributed by atoms with E-state index < -0.39 is 0 Å². The van der Waals surface area contributed by atoms with E-state index in [1.165, 1.54) is 0 Å². The molecule has 3 nitrogen and oxygen atoms in total. The van der Waals surface area contributed by atoms with Crippen LogP contribution in [0.25, 0.3) is 0 Å². The van der Waals surface area contributed by atoms with Gasteiger partial charge in [0.05, 0.1) is 29.8 Å². The smallest absolute Gasteiger partial charge is 0.138 e. The Balaban J connectivity index is 2.38. The summed E-state index contributed by atoms with van der Waals surface area (Å²) in [6, 6.07) is 3.91. The molecule has 0 bridgehead atoms. The molecule has 1 aliphatic rings. The van der Waals surface area contributed by atoms with Crippen molar-refractivity contribution in [2.75, 3.05) is 13.7 Å². The van der Waals surface area contributed by atoms with Crippen LogP contribution in [0.4, 0.5) is 0 Å². The van der Waals surface area contributed by atoms with Crippen molar-refractivity contribution in [1.29, 1.82) is 0 Å². The molecule has 20 heavy (non-hydrogen) atoms. The summed E-state index contributed by atoms with van der Waals surface area (Å²) in [5.41, 5.74) is 1.05. The third-order valence-electron chi connectivity index (χ3n) is 3.64. The fourth-order valence-electron chi connectivity index (χ4n) is 2.77. The van der Waals surface area contributed by atoms with Gasteiger partial charge in [0, 0.05) is 10.6 Å². The van der Waals surface area contributed by atoms with Gasteiger partial charge in [-0.3, -0.25) is 0 Å². The van der Waals surface area contributed by atoms with Gasteiger partial charge in [-0.2, -0.15) is 0 Å².